The molecule has 1 aromatic heterocycles. The normalized spacial score (nSPS) is 10.6. The second-order valence-corrected chi connectivity index (χ2v) is 5.91. The summed E-state index contributed by atoms with van der Waals surface area (Å²) in [4.78, 5) is 12.3. The Morgan fingerprint density at radius 3 is 2.70 bits per heavy atom. The van der Waals surface area contributed by atoms with Gasteiger partial charge in [-0.1, -0.05) is 25.5 Å². The van der Waals surface area contributed by atoms with Crippen LogP contribution >= 0.6 is 0 Å². The first-order valence-corrected chi connectivity index (χ1v) is 8.71. The van der Waals surface area contributed by atoms with Crippen LogP contribution in [0, 0.1) is 5.82 Å². The zero-order valence-electron chi connectivity index (χ0n) is 14.9. The van der Waals surface area contributed by atoms with Crippen molar-refractivity contribution >= 4 is 11.6 Å². The van der Waals surface area contributed by atoms with Crippen molar-refractivity contribution in [1.82, 2.24) is 20.2 Å². The Morgan fingerprint density at radius 1 is 1.19 bits per heavy atom. The van der Waals surface area contributed by atoms with Crippen molar-refractivity contribution in [3.8, 4) is 17.1 Å². The summed E-state index contributed by atoms with van der Waals surface area (Å²) in [7, 11) is 0. The quantitative estimate of drug-likeness (QED) is 0.616. The van der Waals surface area contributed by atoms with E-state index in [9.17, 15) is 9.18 Å². The van der Waals surface area contributed by atoms with E-state index < -0.39 is 5.82 Å². The van der Waals surface area contributed by atoms with E-state index in [1.54, 1.807) is 42.5 Å². The lowest BCUT2D eigenvalue weighted by Crippen LogP contribution is -2.20. The average Bonchev–Trinajstić information content (AvgIpc) is 3.11. The van der Waals surface area contributed by atoms with Gasteiger partial charge >= 0.3 is 0 Å². The predicted octanol–water partition coefficient (Wildman–Crippen LogP) is 3.30. The van der Waals surface area contributed by atoms with E-state index in [0.29, 0.717) is 12.3 Å². The lowest BCUT2D eigenvalue weighted by molar-refractivity contribution is -0.116. The van der Waals surface area contributed by atoms with Crippen LogP contribution in [0.15, 0.2) is 48.5 Å². The molecule has 0 unspecified atom stereocenters. The van der Waals surface area contributed by atoms with Crippen LogP contribution in [-0.2, 0) is 11.3 Å². The molecule has 0 bridgehead atoms. The molecular formula is C19H20FN5O2. The highest BCUT2D eigenvalue weighted by atomic mass is 19.1. The van der Waals surface area contributed by atoms with Crippen molar-refractivity contribution in [3.63, 3.8) is 0 Å². The van der Waals surface area contributed by atoms with Crippen molar-refractivity contribution < 1.29 is 13.9 Å². The van der Waals surface area contributed by atoms with Crippen LogP contribution in [0.25, 0.3) is 11.4 Å². The molecule has 0 atom stereocenters. The summed E-state index contributed by atoms with van der Waals surface area (Å²) in [5, 5.41) is 13.9. The highest BCUT2D eigenvalue weighted by Crippen LogP contribution is 2.20. The van der Waals surface area contributed by atoms with Gasteiger partial charge in [-0.05, 0) is 53.2 Å². The number of carbonyl (C=O) groups is 1. The number of ether oxygens (including phenoxy) is 1. The van der Waals surface area contributed by atoms with Gasteiger partial charge in [0, 0.05) is 5.69 Å². The Bertz CT molecular complexity index is 895. The molecule has 0 aliphatic rings. The number of unbranched alkanes of at least 4 members (excludes halogenated alkanes) is 1. The number of anilines is 1. The summed E-state index contributed by atoms with van der Waals surface area (Å²) >= 11 is 0. The first kappa shape index (κ1) is 18.5. The summed E-state index contributed by atoms with van der Waals surface area (Å²) in [5.41, 5.74) is 0.868. The average molecular weight is 369 g/mol. The number of nitrogens with zero attached hydrogens (tertiary/aromatic N) is 4. The van der Waals surface area contributed by atoms with E-state index in [1.807, 2.05) is 0 Å². The molecular weight excluding hydrogens is 349 g/mol. The maximum atomic E-state index is 13.9. The molecule has 0 aliphatic carbocycles. The molecule has 0 saturated carbocycles. The molecule has 0 radical (unpaired) electrons. The third-order valence-electron chi connectivity index (χ3n) is 3.84. The van der Waals surface area contributed by atoms with Crippen LogP contribution in [-0.4, -0.2) is 32.7 Å². The number of aromatic nitrogens is 4. The molecule has 0 spiro atoms. The van der Waals surface area contributed by atoms with Gasteiger partial charge in [0.05, 0.1) is 12.2 Å². The van der Waals surface area contributed by atoms with Crippen molar-refractivity contribution in [2.45, 2.75) is 26.3 Å². The SMILES string of the molecule is CCCCOc1ccc(NC(=O)Cn2nnnc2-c2ccccc2F)cc1. The Balaban J connectivity index is 1.62. The predicted molar refractivity (Wildman–Crippen MR) is 98.7 cm³/mol. The smallest absolute Gasteiger partial charge is 0.246 e. The van der Waals surface area contributed by atoms with E-state index in [1.165, 1.54) is 10.7 Å². The van der Waals surface area contributed by atoms with E-state index in [-0.39, 0.29) is 23.8 Å². The Hall–Kier alpha value is -3.29. The molecule has 3 aromatic rings. The summed E-state index contributed by atoms with van der Waals surface area (Å²) in [6.45, 7) is 2.63. The molecule has 1 amide bonds. The van der Waals surface area contributed by atoms with Crippen LogP contribution in [0.1, 0.15) is 19.8 Å². The number of carbonyl (C=O) groups excluding carboxylic acids is 1. The Morgan fingerprint density at radius 2 is 1.96 bits per heavy atom. The molecule has 0 aliphatic heterocycles. The summed E-state index contributed by atoms with van der Waals surface area (Å²) in [5.74, 6) is 0.179. The first-order valence-electron chi connectivity index (χ1n) is 8.71. The fourth-order valence-electron chi connectivity index (χ4n) is 2.45. The molecule has 1 heterocycles. The maximum absolute atomic E-state index is 13.9. The van der Waals surface area contributed by atoms with Gasteiger partial charge < -0.3 is 10.1 Å². The van der Waals surface area contributed by atoms with Crippen LogP contribution in [0.2, 0.25) is 0 Å². The zero-order chi connectivity index (χ0) is 19.1. The maximum Gasteiger partial charge on any atom is 0.246 e. The molecule has 7 nitrogen and oxygen atoms in total. The molecule has 3 rings (SSSR count). The lowest BCUT2D eigenvalue weighted by Gasteiger charge is -2.09. The standard InChI is InChI=1S/C19H20FN5O2/c1-2-3-12-27-15-10-8-14(9-11-15)21-18(26)13-25-19(22-23-24-25)16-6-4-5-7-17(16)20/h4-11H,2-3,12-13H2,1H3,(H,21,26). The van der Waals surface area contributed by atoms with Crippen LogP contribution in [0.4, 0.5) is 10.1 Å². The number of hydrogen-bond donors (Lipinski definition) is 1. The van der Waals surface area contributed by atoms with Crippen molar-refractivity contribution in [2.24, 2.45) is 0 Å². The third kappa shape index (κ3) is 4.87. The Labute approximate surface area is 156 Å². The highest BCUT2D eigenvalue weighted by Gasteiger charge is 2.15. The number of hydrogen-bond acceptors (Lipinski definition) is 5. The fraction of sp³-hybridized carbons (Fsp3) is 0.263. The topological polar surface area (TPSA) is 81.9 Å². The van der Waals surface area contributed by atoms with Gasteiger partial charge in [-0.2, -0.15) is 0 Å². The van der Waals surface area contributed by atoms with Crippen molar-refractivity contribution in [3.05, 3.63) is 54.3 Å². The van der Waals surface area contributed by atoms with Crippen LogP contribution in [0.3, 0.4) is 0 Å². The van der Waals surface area contributed by atoms with Crippen molar-refractivity contribution in [1.29, 1.82) is 0 Å². The van der Waals surface area contributed by atoms with Crippen LogP contribution < -0.4 is 10.1 Å². The molecule has 140 valence electrons. The van der Waals surface area contributed by atoms with E-state index in [2.05, 4.69) is 27.8 Å². The zero-order valence-corrected chi connectivity index (χ0v) is 14.9. The number of amides is 1. The number of rotatable bonds is 8. The minimum atomic E-state index is -0.451. The minimum Gasteiger partial charge on any atom is -0.494 e. The van der Waals surface area contributed by atoms with Gasteiger partial charge in [-0.25, -0.2) is 9.07 Å². The number of tetrazole rings is 1. The molecule has 8 heteroatoms. The van der Waals surface area contributed by atoms with Gasteiger partial charge in [-0.15, -0.1) is 5.10 Å². The molecule has 0 saturated heterocycles. The van der Waals surface area contributed by atoms with Gasteiger partial charge in [0.15, 0.2) is 5.82 Å². The number of halogens is 1. The summed E-state index contributed by atoms with van der Waals surface area (Å²) in [6.07, 6.45) is 2.06. The number of benzene rings is 2. The molecule has 1 N–H and O–H groups in total. The van der Waals surface area contributed by atoms with E-state index >= 15 is 0 Å². The lowest BCUT2D eigenvalue weighted by atomic mass is 10.2. The monoisotopic (exact) mass is 369 g/mol. The van der Waals surface area contributed by atoms with E-state index in [0.717, 1.165) is 18.6 Å². The number of nitrogens with one attached hydrogen (secondary N) is 1. The van der Waals surface area contributed by atoms with Gasteiger partial charge in [0.2, 0.25) is 5.91 Å². The fourth-order valence-corrected chi connectivity index (χ4v) is 2.45. The Kier molecular flexibility index (Phi) is 6.09. The largest absolute Gasteiger partial charge is 0.494 e. The first-order chi connectivity index (χ1) is 13.2. The van der Waals surface area contributed by atoms with Gasteiger partial charge in [0.1, 0.15) is 18.1 Å². The van der Waals surface area contributed by atoms with E-state index in [4.69, 9.17) is 4.74 Å². The minimum absolute atomic E-state index is 0.134. The summed E-state index contributed by atoms with van der Waals surface area (Å²) < 4.78 is 20.8. The van der Waals surface area contributed by atoms with Gasteiger partial charge in [-0.3, -0.25) is 4.79 Å². The highest BCUT2D eigenvalue weighted by molar-refractivity contribution is 5.90. The summed E-state index contributed by atoms with van der Waals surface area (Å²) in [6, 6.07) is 13.3. The second kappa shape index (κ2) is 8.88. The third-order valence-corrected chi connectivity index (χ3v) is 3.84. The second-order valence-electron chi connectivity index (χ2n) is 5.91. The molecule has 27 heavy (non-hydrogen) atoms. The van der Waals surface area contributed by atoms with Crippen molar-refractivity contribution in [2.75, 3.05) is 11.9 Å². The van der Waals surface area contributed by atoms with Crippen LogP contribution in [0.5, 0.6) is 5.75 Å². The molecule has 2 aromatic carbocycles. The van der Waals surface area contributed by atoms with Gasteiger partial charge in [0.25, 0.3) is 0 Å². The molecule has 0 fully saturated rings.